The Balaban J connectivity index is 2.32. The Morgan fingerprint density at radius 3 is 2.41 bits per heavy atom. The van der Waals surface area contributed by atoms with E-state index in [1.165, 1.54) is 10.8 Å². The lowest BCUT2D eigenvalue weighted by molar-refractivity contribution is -0.131. The molecule has 22 heavy (non-hydrogen) atoms. The zero-order valence-corrected chi connectivity index (χ0v) is 12.7. The average Bonchev–Trinajstić information content (AvgIpc) is 2.81. The summed E-state index contributed by atoms with van der Waals surface area (Å²) in [5, 5.41) is 9.00. The summed E-state index contributed by atoms with van der Waals surface area (Å²) < 4.78 is 2.14. The molecule has 0 atom stereocenters. The monoisotopic (exact) mass is 304 g/mol. The maximum Gasteiger partial charge on any atom is 0.331 e. The summed E-state index contributed by atoms with van der Waals surface area (Å²) in [7, 11) is 0. The summed E-state index contributed by atoms with van der Waals surface area (Å²) in [6.07, 6.45) is 5.32. The zero-order chi connectivity index (χ0) is 16.1. The van der Waals surface area contributed by atoms with Gasteiger partial charge >= 0.3 is 5.69 Å². The van der Waals surface area contributed by atoms with Gasteiger partial charge in [-0.05, 0) is 19.8 Å². The maximum absolute atomic E-state index is 12.4. The molecule has 0 spiro atoms. The van der Waals surface area contributed by atoms with Gasteiger partial charge in [-0.1, -0.05) is 12.8 Å². The van der Waals surface area contributed by atoms with Crippen molar-refractivity contribution >= 4 is 5.91 Å². The highest BCUT2D eigenvalue weighted by atomic mass is 16.2. The highest BCUT2D eigenvalue weighted by Crippen LogP contribution is 2.09. The quantitative estimate of drug-likeness (QED) is 0.803. The Hall–Kier alpha value is -2.36. The van der Waals surface area contributed by atoms with Gasteiger partial charge < -0.3 is 4.90 Å². The summed E-state index contributed by atoms with van der Waals surface area (Å²) in [6.45, 7) is 3.11. The van der Waals surface area contributed by atoms with E-state index in [-0.39, 0.29) is 18.0 Å². The Bertz CT molecular complexity index is 703. The lowest BCUT2D eigenvalue weighted by Gasteiger charge is -2.20. The minimum Gasteiger partial charge on any atom is -0.341 e. The SMILES string of the molecule is CCn1cc(C#N)c(=O)n(CC(=O)N2CCCCCC2)c1=O. The van der Waals surface area contributed by atoms with E-state index in [1.807, 2.05) is 0 Å². The Morgan fingerprint density at radius 1 is 1.23 bits per heavy atom. The fraction of sp³-hybridized carbons (Fsp3) is 0.600. The lowest BCUT2D eigenvalue weighted by atomic mass is 10.2. The molecule has 118 valence electrons. The molecule has 1 aromatic heterocycles. The van der Waals surface area contributed by atoms with Crippen LogP contribution in [-0.2, 0) is 17.9 Å². The molecule has 1 saturated heterocycles. The third-order valence-corrected chi connectivity index (χ3v) is 3.95. The van der Waals surface area contributed by atoms with Crippen molar-refractivity contribution in [3.05, 3.63) is 32.6 Å². The molecule has 0 bridgehead atoms. The number of carbonyl (C=O) groups excluding carboxylic acids is 1. The third-order valence-electron chi connectivity index (χ3n) is 3.95. The van der Waals surface area contributed by atoms with Crippen molar-refractivity contribution < 1.29 is 4.79 Å². The summed E-state index contributed by atoms with van der Waals surface area (Å²) in [5.74, 6) is -0.237. The van der Waals surface area contributed by atoms with Crippen LogP contribution in [0.3, 0.4) is 0 Å². The van der Waals surface area contributed by atoms with E-state index in [4.69, 9.17) is 5.26 Å². The zero-order valence-electron chi connectivity index (χ0n) is 12.7. The van der Waals surface area contributed by atoms with Crippen molar-refractivity contribution in [3.8, 4) is 6.07 Å². The molecule has 0 aliphatic carbocycles. The summed E-state index contributed by atoms with van der Waals surface area (Å²) in [6, 6.07) is 1.78. The van der Waals surface area contributed by atoms with E-state index in [9.17, 15) is 14.4 Å². The van der Waals surface area contributed by atoms with Crippen LogP contribution in [0.4, 0.5) is 0 Å². The number of nitriles is 1. The number of amides is 1. The molecule has 1 aliphatic heterocycles. The first kappa shape index (κ1) is 16.0. The minimum atomic E-state index is -0.694. The maximum atomic E-state index is 12.4. The first-order valence-electron chi connectivity index (χ1n) is 7.60. The average molecular weight is 304 g/mol. The number of aryl methyl sites for hydroxylation is 1. The van der Waals surface area contributed by atoms with Crippen LogP contribution >= 0.6 is 0 Å². The molecule has 2 heterocycles. The number of carbonyl (C=O) groups is 1. The molecular formula is C15H20N4O3. The number of aromatic nitrogens is 2. The van der Waals surface area contributed by atoms with Gasteiger partial charge in [0.1, 0.15) is 18.2 Å². The van der Waals surface area contributed by atoms with Gasteiger partial charge in [0.2, 0.25) is 5.91 Å². The molecule has 1 amide bonds. The van der Waals surface area contributed by atoms with Crippen LogP contribution < -0.4 is 11.2 Å². The highest BCUT2D eigenvalue weighted by molar-refractivity contribution is 5.76. The molecular weight excluding hydrogens is 284 g/mol. The molecule has 0 N–H and O–H groups in total. The molecule has 0 saturated carbocycles. The lowest BCUT2D eigenvalue weighted by Crippen LogP contribution is -2.45. The fourth-order valence-corrected chi connectivity index (χ4v) is 2.65. The van der Waals surface area contributed by atoms with Crippen molar-refractivity contribution in [2.45, 2.75) is 45.7 Å². The Morgan fingerprint density at radius 2 is 1.86 bits per heavy atom. The van der Waals surface area contributed by atoms with E-state index in [0.717, 1.165) is 30.3 Å². The van der Waals surface area contributed by atoms with Gasteiger partial charge in [-0.15, -0.1) is 0 Å². The Kier molecular flexibility index (Phi) is 5.15. The molecule has 0 aromatic carbocycles. The normalized spacial score (nSPS) is 15.2. The number of hydrogen-bond acceptors (Lipinski definition) is 4. The highest BCUT2D eigenvalue weighted by Gasteiger charge is 2.19. The van der Waals surface area contributed by atoms with Crippen LogP contribution in [0.1, 0.15) is 38.2 Å². The summed E-state index contributed by atoms with van der Waals surface area (Å²) >= 11 is 0. The number of likely N-dealkylation sites (tertiary alicyclic amines) is 1. The Labute approximate surface area is 128 Å². The van der Waals surface area contributed by atoms with Crippen molar-refractivity contribution in [3.63, 3.8) is 0 Å². The summed E-state index contributed by atoms with van der Waals surface area (Å²) in [5.41, 5.74) is -1.36. The standard InChI is InChI=1S/C15H20N4O3/c1-2-17-10-12(9-16)14(21)19(15(17)22)11-13(20)18-7-5-3-4-6-8-18/h10H,2-8,11H2,1H3. The second-order valence-electron chi connectivity index (χ2n) is 5.41. The molecule has 2 rings (SSSR count). The molecule has 7 heteroatoms. The third kappa shape index (κ3) is 3.27. The van der Waals surface area contributed by atoms with E-state index >= 15 is 0 Å². The van der Waals surface area contributed by atoms with Gasteiger partial charge in [0.25, 0.3) is 5.56 Å². The van der Waals surface area contributed by atoms with E-state index in [0.29, 0.717) is 19.6 Å². The molecule has 1 aliphatic rings. The smallest absolute Gasteiger partial charge is 0.331 e. The first-order valence-corrected chi connectivity index (χ1v) is 7.60. The van der Waals surface area contributed by atoms with Gasteiger partial charge in [0.15, 0.2) is 0 Å². The topological polar surface area (TPSA) is 88.1 Å². The molecule has 7 nitrogen and oxygen atoms in total. The fourth-order valence-electron chi connectivity index (χ4n) is 2.65. The predicted octanol–water partition coefficient (Wildman–Crippen LogP) is 0.304. The van der Waals surface area contributed by atoms with E-state index in [2.05, 4.69) is 0 Å². The number of rotatable bonds is 3. The van der Waals surface area contributed by atoms with E-state index in [1.54, 1.807) is 17.9 Å². The predicted molar refractivity (Wildman–Crippen MR) is 80.4 cm³/mol. The van der Waals surface area contributed by atoms with Crippen LogP contribution in [0.5, 0.6) is 0 Å². The largest absolute Gasteiger partial charge is 0.341 e. The van der Waals surface area contributed by atoms with Gasteiger partial charge in [-0.2, -0.15) is 5.26 Å². The van der Waals surface area contributed by atoms with Crippen LogP contribution in [-0.4, -0.2) is 33.0 Å². The van der Waals surface area contributed by atoms with Crippen LogP contribution in [0.15, 0.2) is 15.8 Å². The van der Waals surface area contributed by atoms with Crippen LogP contribution in [0.2, 0.25) is 0 Å². The number of hydrogen-bond donors (Lipinski definition) is 0. The number of nitrogens with zero attached hydrogens (tertiary/aromatic N) is 4. The molecule has 0 unspecified atom stereocenters. The van der Waals surface area contributed by atoms with Crippen molar-refractivity contribution in [1.82, 2.24) is 14.0 Å². The van der Waals surface area contributed by atoms with Gasteiger partial charge in [0, 0.05) is 25.8 Å². The van der Waals surface area contributed by atoms with Gasteiger partial charge in [-0.25, -0.2) is 9.36 Å². The second-order valence-corrected chi connectivity index (χ2v) is 5.41. The van der Waals surface area contributed by atoms with Gasteiger partial charge in [0.05, 0.1) is 0 Å². The second kappa shape index (κ2) is 7.07. The van der Waals surface area contributed by atoms with Crippen molar-refractivity contribution in [1.29, 1.82) is 5.26 Å². The molecule has 1 aromatic rings. The van der Waals surface area contributed by atoms with Crippen molar-refractivity contribution in [2.75, 3.05) is 13.1 Å². The summed E-state index contributed by atoms with van der Waals surface area (Å²) in [4.78, 5) is 38.4. The van der Waals surface area contributed by atoms with Gasteiger partial charge in [-0.3, -0.25) is 14.2 Å². The molecule has 1 fully saturated rings. The molecule has 0 radical (unpaired) electrons. The first-order chi connectivity index (χ1) is 10.6. The van der Waals surface area contributed by atoms with E-state index < -0.39 is 11.2 Å². The van der Waals surface area contributed by atoms with Crippen LogP contribution in [0, 0.1) is 11.3 Å². The van der Waals surface area contributed by atoms with Crippen LogP contribution in [0.25, 0.3) is 0 Å². The minimum absolute atomic E-state index is 0.120. The van der Waals surface area contributed by atoms with Crippen molar-refractivity contribution in [2.24, 2.45) is 0 Å².